The highest BCUT2D eigenvalue weighted by Gasteiger charge is 2.60. The molecule has 4 unspecified atom stereocenters. The van der Waals surface area contributed by atoms with Crippen LogP contribution in [0.4, 0.5) is 0 Å². The van der Waals surface area contributed by atoms with E-state index < -0.39 is 0 Å². The SMILES string of the molecule is CC1(C)OC2CCC3C(=O)CCCC3C2C1(C)C. The number of carbonyl (C=O) groups excluding carboxylic acids is 1. The Kier molecular flexibility index (Phi) is 2.68. The minimum atomic E-state index is -0.0578. The topological polar surface area (TPSA) is 26.3 Å². The monoisotopic (exact) mass is 250 g/mol. The molecule has 2 nitrogen and oxygen atoms in total. The van der Waals surface area contributed by atoms with Crippen LogP contribution in [0, 0.1) is 23.2 Å². The molecule has 0 aromatic rings. The van der Waals surface area contributed by atoms with Crippen LogP contribution >= 0.6 is 0 Å². The molecule has 0 aromatic heterocycles. The van der Waals surface area contributed by atoms with E-state index in [1.54, 1.807) is 0 Å². The summed E-state index contributed by atoms with van der Waals surface area (Å²) in [4.78, 5) is 12.1. The van der Waals surface area contributed by atoms with Gasteiger partial charge in [-0.3, -0.25) is 4.79 Å². The van der Waals surface area contributed by atoms with Crippen molar-refractivity contribution in [1.29, 1.82) is 0 Å². The summed E-state index contributed by atoms with van der Waals surface area (Å²) in [7, 11) is 0. The number of ether oxygens (including phenoxy) is 1. The summed E-state index contributed by atoms with van der Waals surface area (Å²) in [5.41, 5.74) is 0.121. The van der Waals surface area contributed by atoms with Gasteiger partial charge in [-0.2, -0.15) is 0 Å². The van der Waals surface area contributed by atoms with Gasteiger partial charge in [-0.05, 0) is 56.8 Å². The van der Waals surface area contributed by atoms with E-state index in [4.69, 9.17) is 4.74 Å². The molecular weight excluding hydrogens is 224 g/mol. The molecule has 1 aliphatic heterocycles. The van der Waals surface area contributed by atoms with Gasteiger partial charge in [-0.1, -0.05) is 13.8 Å². The van der Waals surface area contributed by atoms with Crippen molar-refractivity contribution in [3.05, 3.63) is 0 Å². The van der Waals surface area contributed by atoms with Gasteiger partial charge in [0.1, 0.15) is 5.78 Å². The summed E-state index contributed by atoms with van der Waals surface area (Å²) in [6.07, 6.45) is 5.70. The number of Topliss-reactive ketones (excluding diaryl/α,β-unsaturated/α-hetero) is 1. The molecule has 0 spiro atoms. The van der Waals surface area contributed by atoms with Gasteiger partial charge in [0, 0.05) is 12.3 Å². The van der Waals surface area contributed by atoms with E-state index in [0.717, 1.165) is 25.7 Å². The Morgan fingerprint density at radius 2 is 1.83 bits per heavy atom. The molecule has 1 saturated heterocycles. The Labute approximate surface area is 110 Å². The van der Waals surface area contributed by atoms with Crippen LogP contribution in [-0.2, 0) is 9.53 Å². The lowest BCUT2D eigenvalue weighted by atomic mass is 9.55. The Balaban J connectivity index is 1.95. The van der Waals surface area contributed by atoms with E-state index in [1.165, 1.54) is 6.42 Å². The Hall–Kier alpha value is -0.370. The smallest absolute Gasteiger partial charge is 0.136 e. The third-order valence-electron chi connectivity index (χ3n) is 6.35. The number of hydrogen-bond donors (Lipinski definition) is 0. The fourth-order valence-corrected chi connectivity index (χ4v) is 4.81. The van der Waals surface area contributed by atoms with Crippen LogP contribution in [0.3, 0.4) is 0 Å². The largest absolute Gasteiger partial charge is 0.371 e. The van der Waals surface area contributed by atoms with Gasteiger partial charge in [0.15, 0.2) is 0 Å². The molecular formula is C16H26O2. The molecule has 3 fully saturated rings. The van der Waals surface area contributed by atoms with Crippen LogP contribution in [0.1, 0.15) is 59.8 Å². The Morgan fingerprint density at radius 1 is 1.11 bits per heavy atom. The molecule has 0 aromatic carbocycles. The van der Waals surface area contributed by atoms with E-state index in [-0.39, 0.29) is 11.0 Å². The van der Waals surface area contributed by atoms with E-state index in [9.17, 15) is 4.79 Å². The molecule has 0 N–H and O–H groups in total. The normalized spacial score (nSPS) is 45.4. The minimum absolute atomic E-state index is 0.0578. The van der Waals surface area contributed by atoms with Gasteiger partial charge in [-0.15, -0.1) is 0 Å². The Morgan fingerprint density at radius 3 is 2.56 bits per heavy atom. The molecule has 4 atom stereocenters. The van der Waals surface area contributed by atoms with E-state index in [1.807, 2.05) is 0 Å². The third-order valence-corrected chi connectivity index (χ3v) is 6.35. The predicted octanol–water partition coefficient (Wildman–Crippen LogP) is 3.59. The molecule has 0 amide bonds. The van der Waals surface area contributed by atoms with Gasteiger partial charge in [-0.25, -0.2) is 0 Å². The third kappa shape index (κ3) is 1.54. The Bertz CT molecular complexity index is 369. The van der Waals surface area contributed by atoms with E-state index in [0.29, 0.717) is 29.6 Å². The van der Waals surface area contributed by atoms with E-state index in [2.05, 4.69) is 27.7 Å². The fraction of sp³-hybridized carbons (Fsp3) is 0.938. The molecule has 0 radical (unpaired) electrons. The first kappa shape index (κ1) is 12.7. The van der Waals surface area contributed by atoms with Crippen molar-refractivity contribution in [2.24, 2.45) is 23.2 Å². The zero-order valence-electron chi connectivity index (χ0n) is 12.2. The molecule has 1 heterocycles. The van der Waals surface area contributed by atoms with Crippen LogP contribution in [0.25, 0.3) is 0 Å². The molecule has 3 rings (SSSR count). The summed E-state index contributed by atoms with van der Waals surface area (Å²) in [5.74, 6) is 2.04. The average molecular weight is 250 g/mol. The van der Waals surface area contributed by atoms with Crippen molar-refractivity contribution in [1.82, 2.24) is 0 Å². The lowest BCUT2D eigenvalue weighted by Gasteiger charge is -2.46. The van der Waals surface area contributed by atoms with Crippen LogP contribution in [0.5, 0.6) is 0 Å². The van der Waals surface area contributed by atoms with Crippen LogP contribution < -0.4 is 0 Å². The first-order chi connectivity index (χ1) is 8.34. The zero-order valence-corrected chi connectivity index (χ0v) is 12.2. The van der Waals surface area contributed by atoms with Crippen molar-refractivity contribution in [2.45, 2.75) is 71.5 Å². The number of fused-ring (bicyclic) bond motifs is 3. The van der Waals surface area contributed by atoms with Crippen LogP contribution in [0.2, 0.25) is 0 Å². The van der Waals surface area contributed by atoms with Gasteiger partial charge in [0.05, 0.1) is 11.7 Å². The quantitative estimate of drug-likeness (QED) is 0.657. The summed E-state index contributed by atoms with van der Waals surface area (Å²) in [6.45, 7) is 9.15. The molecule has 2 saturated carbocycles. The van der Waals surface area contributed by atoms with Crippen LogP contribution in [-0.4, -0.2) is 17.5 Å². The van der Waals surface area contributed by atoms with Crippen molar-refractivity contribution in [3.63, 3.8) is 0 Å². The molecule has 18 heavy (non-hydrogen) atoms. The number of ketones is 1. The molecule has 2 aliphatic carbocycles. The lowest BCUT2D eigenvalue weighted by Crippen LogP contribution is -2.47. The maximum Gasteiger partial charge on any atom is 0.136 e. The number of rotatable bonds is 0. The highest BCUT2D eigenvalue weighted by molar-refractivity contribution is 5.82. The average Bonchev–Trinajstić information content (AvgIpc) is 2.45. The first-order valence-corrected chi connectivity index (χ1v) is 7.55. The second-order valence-corrected chi connectivity index (χ2v) is 7.62. The minimum Gasteiger partial charge on any atom is -0.371 e. The standard InChI is InChI=1S/C16H26O2/c1-15(2)14-11-6-5-7-12(17)10(11)8-9-13(14)18-16(15,3)4/h10-11,13-14H,5-9H2,1-4H3. The first-order valence-electron chi connectivity index (χ1n) is 7.55. The maximum absolute atomic E-state index is 12.1. The van der Waals surface area contributed by atoms with Crippen LogP contribution in [0.15, 0.2) is 0 Å². The van der Waals surface area contributed by atoms with Crippen molar-refractivity contribution < 1.29 is 9.53 Å². The summed E-state index contributed by atoms with van der Waals surface area (Å²) in [6, 6.07) is 0. The number of carbonyl (C=O) groups is 1. The highest BCUT2D eigenvalue weighted by atomic mass is 16.5. The second kappa shape index (κ2) is 3.82. The summed E-state index contributed by atoms with van der Waals surface area (Å²) >= 11 is 0. The molecule has 3 aliphatic rings. The van der Waals surface area contributed by atoms with Gasteiger partial charge >= 0.3 is 0 Å². The van der Waals surface area contributed by atoms with Crippen molar-refractivity contribution in [2.75, 3.05) is 0 Å². The highest BCUT2D eigenvalue weighted by Crippen LogP contribution is 2.59. The molecule has 0 bridgehead atoms. The fourth-order valence-electron chi connectivity index (χ4n) is 4.81. The van der Waals surface area contributed by atoms with E-state index >= 15 is 0 Å². The van der Waals surface area contributed by atoms with Gasteiger partial charge in [0.25, 0.3) is 0 Å². The molecule has 102 valence electrons. The van der Waals surface area contributed by atoms with Crippen molar-refractivity contribution in [3.8, 4) is 0 Å². The van der Waals surface area contributed by atoms with Gasteiger partial charge in [0.2, 0.25) is 0 Å². The second-order valence-electron chi connectivity index (χ2n) is 7.62. The molecule has 2 heteroatoms. The summed E-state index contributed by atoms with van der Waals surface area (Å²) in [5, 5.41) is 0. The van der Waals surface area contributed by atoms with Crippen molar-refractivity contribution >= 4 is 5.78 Å². The number of hydrogen-bond acceptors (Lipinski definition) is 2. The maximum atomic E-state index is 12.1. The predicted molar refractivity (Wildman–Crippen MR) is 71.3 cm³/mol. The van der Waals surface area contributed by atoms with Gasteiger partial charge < -0.3 is 4.74 Å². The zero-order chi connectivity index (χ0) is 13.1. The summed E-state index contributed by atoms with van der Waals surface area (Å²) < 4.78 is 6.34. The lowest BCUT2D eigenvalue weighted by molar-refractivity contribution is -0.132.